The SMILES string of the molecule is C=C/C(CC)=C(/C)N=C. The van der Waals surface area contributed by atoms with Gasteiger partial charge in [-0.15, -0.1) is 0 Å². The molecule has 0 saturated carbocycles. The van der Waals surface area contributed by atoms with Gasteiger partial charge in [0, 0.05) is 5.70 Å². The molecule has 0 aliphatic rings. The minimum absolute atomic E-state index is 0.979. The van der Waals surface area contributed by atoms with Crippen molar-refractivity contribution in [2.24, 2.45) is 4.99 Å². The Labute approximate surface area is 56.8 Å². The summed E-state index contributed by atoms with van der Waals surface area (Å²) in [6.45, 7) is 11.1. The molecule has 0 bridgehead atoms. The Morgan fingerprint density at radius 2 is 2.22 bits per heavy atom. The second kappa shape index (κ2) is 4.07. The van der Waals surface area contributed by atoms with Crippen LogP contribution in [0.4, 0.5) is 0 Å². The smallest absolute Gasteiger partial charge is 0.0397 e. The highest BCUT2D eigenvalue weighted by atomic mass is 14.7. The number of hydrogen-bond acceptors (Lipinski definition) is 1. The molecule has 0 aliphatic heterocycles. The molecular formula is C8H13N. The van der Waals surface area contributed by atoms with E-state index >= 15 is 0 Å². The van der Waals surface area contributed by atoms with E-state index in [1.165, 1.54) is 5.57 Å². The van der Waals surface area contributed by atoms with E-state index in [1.807, 2.05) is 13.0 Å². The van der Waals surface area contributed by atoms with Crippen LogP contribution >= 0.6 is 0 Å². The van der Waals surface area contributed by atoms with Crippen molar-refractivity contribution in [2.75, 3.05) is 0 Å². The van der Waals surface area contributed by atoms with Crippen molar-refractivity contribution in [3.8, 4) is 0 Å². The molecule has 9 heavy (non-hydrogen) atoms. The fourth-order valence-electron chi connectivity index (χ4n) is 0.649. The lowest BCUT2D eigenvalue weighted by Gasteiger charge is -1.97. The maximum Gasteiger partial charge on any atom is 0.0397 e. The van der Waals surface area contributed by atoms with Crippen molar-refractivity contribution >= 4 is 6.72 Å². The Morgan fingerprint density at radius 1 is 1.67 bits per heavy atom. The van der Waals surface area contributed by atoms with Gasteiger partial charge in [0.15, 0.2) is 0 Å². The monoisotopic (exact) mass is 123 g/mol. The Balaban J connectivity index is 4.36. The van der Waals surface area contributed by atoms with Gasteiger partial charge in [-0.3, -0.25) is 4.99 Å². The Hall–Kier alpha value is -0.850. The summed E-state index contributed by atoms with van der Waals surface area (Å²) in [4.78, 5) is 3.79. The lowest BCUT2D eigenvalue weighted by Crippen LogP contribution is -1.78. The van der Waals surface area contributed by atoms with Gasteiger partial charge >= 0.3 is 0 Å². The summed E-state index contributed by atoms with van der Waals surface area (Å²) in [6.07, 6.45) is 2.80. The lowest BCUT2D eigenvalue weighted by atomic mass is 10.2. The highest BCUT2D eigenvalue weighted by Gasteiger charge is 1.90. The van der Waals surface area contributed by atoms with Crippen molar-refractivity contribution in [1.29, 1.82) is 0 Å². The Morgan fingerprint density at radius 3 is 2.33 bits per heavy atom. The van der Waals surface area contributed by atoms with Gasteiger partial charge in [0.05, 0.1) is 0 Å². The fraction of sp³-hybridized carbons (Fsp3) is 0.375. The minimum Gasteiger partial charge on any atom is -0.269 e. The van der Waals surface area contributed by atoms with Gasteiger partial charge in [-0.25, -0.2) is 0 Å². The molecule has 0 aromatic carbocycles. The molecule has 0 heterocycles. The van der Waals surface area contributed by atoms with Crippen LogP contribution in [-0.2, 0) is 0 Å². The van der Waals surface area contributed by atoms with E-state index in [-0.39, 0.29) is 0 Å². The summed E-state index contributed by atoms with van der Waals surface area (Å²) >= 11 is 0. The van der Waals surface area contributed by atoms with Gasteiger partial charge in [0.2, 0.25) is 0 Å². The van der Waals surface area contributed by atoms with Crippen LogP contribution in [0.2, 0.25) is 0 Å². The first-order valence-corrected chi connectivity index (χ1v) is 3.05. The summed E-state index contributed by atoms with van der Waals surface area (Å²) in [6, 6.07) is 0. The minimum atomic E-state index is 0.979. The summed E-state index contributed by atoms with van der Waals surface area (Å²) in [5.41, 5.74) is 2.15. The van der Waals surface area contributed by atoms with E-state index < -0.39 is 0 Å². The number of aliphatic imine (C=N–C) groups is 1. The van der Waals surface area contributed by atoms with Crippen LogP contribution in [0.5, 0.6) is 0 Å². The van der Waals surface area contributed by atoms with Gasteiger partial charge < -0.3 is 0 Å². The molecule has 0 N–H and O–H groups in total. The van der Waals surface area contributed by atoms with E-state index in [1.54, 1.807) is 0 Å². The highest BCUT2D eigenvalue weighted by molar-refractivity contribution is 5.32. The molecule has 0 unspecified atom stereocenters. The van der Waals surface area contributed by atoms with Crippen LogP contribution in [0.15, 0.2) is 28.9 Å². The Kier molecular flexibility index (Phi) is 3.69. The normalized spacial score (nSPS) is 12.2. The van der Waals surface area contributed by atoms with Crippen molar-refractivity contribution < 1.29 is 0 Å². The molecule has 0 radical (unpaired) electrons. The first-order chi connectivity index (χ1) is 4.26. The van der Waals surface area contributed by atoms with Crippen LogP contribution < -0.4 is 0 Å². The zero-order valence-corrected chi connectivity index (χ0v) is 6.15. The summed E-state index contributed by atoms with van der Waals surface area (Å²) < 4.78 is 0. The van der Waals surface area contributed by atoms with Crippen LogP contribution in [0.25, 0.3) is 0 Å². The number of allylic oxidation sites excluding steroid dienone is 3. The molecule has 50 valence electrons. The largest absolute Gasteiger partial charge is 0.269 e. The molecule has 1 heteroatoms. The standard InChI is InChI=1S/C8H13N/c1-5-8(6-2)7(3)9-4/h5H,1,4,6H2,2-3H3/b8-7+. The van der Waals surface area contributed by atoms with E-state index in [9.17, 15) is 0 Å². The molecule has 1 nitrogen and oxygen atoms in total. The van der Waals surface area contributed by atoms with Crippen molar-refractivity contribution in [3.63, 3.8) is 0 Å². The number of hydrogen-bond donors (Lipinski definition) is 0. The molecule has 0 spiro atoms. The second-order valence-electron chi connectivity index (χ2n) is 1.83. The third kappa shape index (κ3) is 2.27. The van der Waals surface area contributed by atoms with Crippen molar-refractivity contribution in [1.82, 2.24) is 0 Å². The first-order valence-electron chi connectivity index (χ1n) is 3.05. The van der Waals surface area contributed by atoms with Gasteiger partial charge in [0.25, 0.3) is 0 Å². The second-order valence-corrected chi connectivity index (χ2v) is 1.83. The Bertz CT molecular complexity index is 143. The van der Waals surface area contributed by atoms with E-state index in [0.717, 1.165) is 12.1 Å². The number of nitrogens with zero attached hydrogens (tertiary/aromatic N) is 1. The zero-order chi connectivity index (χ0) is 7.28. The fourth-order valence-corrected chi connectivity index (χ4v) is 0.649. The molecule has 0 aromatic heterocycles. The third-order valence-corrected chi connectivity index (χ3v) is 1.33. The van der Waals surface area contributed by atoms with Crippen molar-refractivity contribution in [2.45, 2.75) is 20.3 Å². The molecule has 0 aromatic rings. The topological polar surface area (TPSA) is 12.4 Å². The molecule has 0 atom stereocenters. The van der Waals surface area contributed by atoms with Crippen LogP contribution in [-0.4, -0.2) is 6.72 Å². The van der Waals surface area contributed by atoms with Gasteiger partial charge in [-0.2, -0.15) is 0 Å². The predicted molar refractivity (Wildman–Crippen MR) is 42.7 cm³/mol. The average molecular weight is 123 g/mol. The molecule has 0 rings (SSSR count). The van der Waals surface area contributed by atoms with Crippen LogP contribution in [0.3, 0.4) is 0 Å². The van der Waals surface area contributed by atoms with Crippen LogP contribution in [0, 0.1) is 0 Å². The summed E-state index contributed by atoms with van der Waals surface area (Å²) in [5.74, 6) is 0. The molecule has 0 amide bonds. The molecule has 0 fully saturated rings. The summed E-state index contributed by atoms with van der Waals surface area (Å²) in [5, 5.41) is 0. The predicted octanol–water partition coefficient (Wildman–Crippen LogP) is 2.56. The van der Waals surface area contributed by atoms with Gasteiger partial charge in [0.1, 0.15) is 0 Å². The zero-order valence-electron chi connectivity index (χ0n) is 6.15. The van der Waals surface area contributed by atoms with Crippen LogP contribution in [0.1, 0.15) is 20.3 Å². The van der Waals surface area contributed by atoms with Crippen molar-refractivity contribution in [3.05, 3.63) is 23.9 Å². The van der Waals surface area contributed by atoms with Gasteiger partial charge in [-0.1, -0.05) is 19.6 Å². The van der Waals surface area contributed by atoms with E-state index in [2.05, 4.69) is 25.2 Å². The van der Waals surface area contributed by atoms with E-state index in [4.69, 9.17) is 0 Å². The molecular weight excluding hydrogens is 110 g/mol. The quantitative estimate of drug-likeness (QED) is 0.404. The van der Waals surface area contributed by atoms with E-state index in [0.29, 0.717) is 0 Å². The maximum absolute atomic E-state index is 3.79. The lowest BCUT2D eigenvalue weighted by molar-refractivity contribution is 1.09. The maximum atomic E-state index is 3.79. The molecule has 0 saturated heterocycles. The molecule has 0 aliphatic carbocycles. The third-order valence-electron chi connectivity index (χ3n) is 1.33. The average Bonchev–Trinajstić information content (AvgIpc) is 1.90. The summed E-state index contributed by atoms with van der Waals surface area (Å²) in [7, 11) is 0. The number of rotatable bonds is 3. The first kappa shape index (κ1) is 8.15. The van der Waals surface area contributed by atoms with Gasteiger partial charge in [-0.05, 0) is 25.6 Å². The highest BCUT2D eigenvalue weighted by Crippen LogP contribution is 2.08.